The van der Waals surface area contributed by atoms with E-state index in [4.69, 9.17) is 0 Å². The van der Waals surface area contributed by atoms with Crippen molar-refractivity contribution in [2.45, 2.75) is 13.1 Å². The lowest BCUT2D eigenvalue weighted by atomic mass is 10.1. The average molecular weight is 252 g/mol. The Bertz CT molecular complexity index is 728. The van der Waals surface area contributed by atoms with Gasteiger partial charge < -0.3 is 5.43 Å². The monoisotopic (exact) mass is 252 g/mol. The molecule has 1 aliphatic heterocycles. The molecular weight excluding hydrogens is 240 g/mol. The Morgan fingerprint density at radius 2 is 2.05 bits per heavy atom. The van der Waals surface area contributed by atoms with Gasteiger partial charge in [0.05, 0.1) is 5.56 Å². The molecule has 0 saturated heterocycles. The number of aromatic nitrogens is 1. The maximum atomic E-state index is 12.2. The molecule has 0 saturated carbocycles. The second-order valence-electron chi connectivity index (χ2n) is 4.45. The van der Waals surface area contributed by atoms with E-state index >= 15 is 0 Å². The molecule has 19 heavy (non-hydrogen) atoms. The molecule has 2 N–H and O–H groups in total. The van der Waals surface area contributed by atoms with Gasteiger partial charge in [-0.1, -0.05) is 30.3 Å². The molecule has 0 bridgehead atoms. The van der Waals surface area contributed by atoms with Crippen molar-refractivity contribution in [1.82, 2.24) is 9.99 Å². The van der Waals surface area contributed by atoms with Crippen LogP contribution in [0.5, 0.6) is 0 Å². The molecule has 0 fully saturated rings. The van der Waals surface area contributed by atoms with E-state index < -0.39 is 0 Å². The maximum absolute atomic E-state index is 12.2. The van der Waals surface area contributed by atoms with Crippen molar-refractivity contribution in [1.29, 1.82) is 5.26 Å². The minimum absolute atomic E-state index is 0.127. The number of benzene rings is 1. The van der Waals surface area contributed by atoms with Crippen LogP contribution in [0.3, 0.4) is 0 Å². The minimum Gasteiger partial charge on any atom is -0.304 e. The van der Waals surface area contributed by atoms with E-state index in [1.807, 2.05) is 30.3 Å². The first kappa shape index (κ1) is 11.5. The van der Waals surface area contributed by atoms with Crippen molar-refractivity contribution >= 4 is 5.82 Å². The number of rotatable bonds is 1. The number of nitrogens with zero attached hydrogens (tertiary/aromatic N) is 2. The molecule has 5 heteroatoms. The summed E-state index contributed by atoms with van der Waals surface area (Å²) in [6, 6.07) is 13.3. The molecule has 0 amide bonds. The highest BCUT2D eigenvalue weighted by atomic mass is 16.1. The zero-order chi connectivity index (χ0) is 13.4. The molecular formula is C14H12N4O. The van der Waals surface area contributed by atoms with Crippen LogP contribution in [0.25, 0.3) is 0 Å². The number of nitrogens with one attached hydrogen (secondary N) is 2. The zero-order valence-electron chi connectivity index (χ0n) is 10.3. The first-order valence-electron chi connectivity index (χ1n) is 5.95. The van der Waals surface area contributed by atoms with E-state index in [2.05, 4.69) is 16.9 Å². The lowest BCUT2D eigenvalue weighted by Gasteiger charge is -2.13. The Morgan fingerprint density at radius 3 is 2.74 bits per heavy atom. The predicted octanol–water partition coefficient (Wildman–Crippen LogP) is 1.51. The second-order valence-corrected chi connectivity index (χ2v) is 4.45. The highest BCUT2D eigenvalue weighted by molar-refractivity contribution is 5.58. The van der Waals surface area contributed by atoms with Gasteiger partial charge in [-0.25, -0.2) is 5.43 Å². The fourth-order valence-corrected chi connectivity index (χ4v) is 2.33. The van der Waals surface area contributed by atoms with Crippen molar-refractivity contribution in [3.8, 4) is 6.07 Å². The Hall–Kier alpha value is -2.58. The highest BCUT2D eigenvalue weighted by Crippen LogP contribution is 2.27. The molecule has 0 spiro atoms. The normalized spacial score (nSPS) is 16.5. The average Bonchev–Trinajstić information content (AvgIpc) is 2.85. The third kappa shape index (κ3) is 1.70. The van der Waals surface area contributed by atoms with Gasteiger partial charge in [-0.3, -0.25) is 9.36 Å². The summed E-state index contributed by atoms with van der Waals surface area (Å²) in [6.45, 7) is 1.76. The summed E-state index contributed by atoms with van der Waals surface area (Å²) in [4.78, 5) is 12.2. The van der Waals surface area contributed by atoms with Crippen LogP contribution >= 0.6 is 0 Å². The largest absolute Gasteiger partial charge is 0.304 e. The van der Waals surface area contributed by atoms with E-state index in [1.165, 1.54) is 6.07 Å². The lowest BCUT2D eigenvalue weighted by molar-refractivity contribution is 0.556. The maximum Gasteiger partial charge on any atom is 0.254 e. The van der Waals surface area contributed by atoms with Crippen molar-refractivity contribution in [3.63, 3.8) is 0 Å². The van der Waals surface area contributed by atoms with Gasteiger partial charge in [0.25, 0.3) is 5.56 Å². The van der Waals surface area contributed by atoms with Crippen LogP contribution < -0.4 is 16.4 Å². The number of hydrogen-bond acceptors (Lipinski definition) is 4. The van der Waals surface area contributed by atoms with Gasteiger partial charge >= 0.3 is 0 Å². The summed E-state index contributed by atoms with van der Waals surface area (Å²) in [5.74, 6) is 0.529. The first-order valence-corrected chi connectivity index (χ1v) is 5.95. The molecule has 0 radical (unpaired) electrons. The highest BCUT2D eigenvalue weighted by Gasteiger charge is 2.26. The van der Waals surface area contributed by atoms with Crippen LogP contribution in [0.1, 0.15) is 22.9 Å². The molecule has 0 aliphatic carbocycles. The number of hydrogen-bond donors (Lipinski definition) is 2. The quantitative estimate of drug-likeness (QED) is 0.807. The van der Waals surface area contributed by atoms with Gasteiger partial charge in [-0.2, -0.15) is 5.26 Å². The Morgan fingerprint density at radius 1 is 1.32 bits per heavy atom. The molecule has 1 unspecified atom stereocenters. The van der Waals surface area contributed by atoms with Gasteiger partial charge in [0, 0.05) is 6.07 Å². The summed E-state index contributed by atoms with van der Waals surface area (Å²) in [6.07, 6.45) is -0.295. The van der Waals surface area contributed by atoms with E-state index in [0.29, 0.717) is 16.9 Å². The van der Waals surface area contributed by atoms with Crippen LogP contribution in [0, 0.1) is 18.3 Å². The molecule has 1 aromatic heterocycles. The number of aryl methyl sites for hydroxylation is 1. The van der Waals surface area contributed by atoms with Crippen LogP contribution in [0.2, 0.25) is 0 Å². The summed E-state index contributed by atoms with van der Waals surface area (Å²) in [5.41, 5.74) is 7.99. The van der Waals surface area contributed by atoms with Gasteiger partial charge in [-0.05, 0) is 18.1 Å². The van der Waals surface area contributed by atoms with Crippen molar-refractivity contribution < 1.29 is 0 Å². The molecule has 1 aromatic carbocycles. The van der Waals surface area contributed by atoms with Gasteiger partial charge in [0.2, 0.25) is 0 Å². The molecule has 1 atom stereocenters. The van der Waals surface area contributed by atoms with Crippen molar-refractivity contribution in [3.05, 3.63) is 63.4 Å². The Labute approximate surface area is 110 Å². The van der Waals surface area contributed by atoms with Gasteiger partial charge in [0.15, 0.2) is 0 Å². The molecule has 1 aliphatic rings. The van der Waals surface area contributed by atoms with E-state index in [1.54, 1.807) is 11.5 Å². The SMILES string of the molecule is Cc1cc(=O)n2c(c1C#N)NNC2c1ccccc1. The van der Waals surface area contributed by atoms with Crippen molar-refractivity contribution in [2.24, 2.45) is 0 Å². The van der Waals surface area contributed by atoms with E-state index in [-0.39, 0.29) is 11.7 Å². The summed E-state index contributed by atoms with van der Waals surface area (Å²) >= 11 is 0. The van der Waals surface area contributed by atoms with Gasteiger partial charge in [0.1, 0.15) is 18.1 Å². The van der Waals surface area contributed by atoms with E-state index in [9.17, 15) is 10.1 Å². The van der Waals surface area contributed by atoms with Gasteiger partial charge in [-0.15, -0.1) is 0 Å². The second kappa shape index (κ2) is 4.26. The molecule has 5 nitrogen and oxygen atoms in total. The number of hydrazine groups is 1. The standard InChI is InChI=1S/C14H12N4O/c1-9-7-12(19)18-13(10-5-3-2-4-6-10)16-17-14(18)11(9)8-15/h2-7,13,16-17H,1H3. The summed E-state index contributed by atoms with van der Waals surface area (Å²) in [7, 11) is 0. The Balaban J connectivity index is 2.22. The first-order chi connectivity index (χ1) is 9.22. The zero-order valence-corrected chi connectivity index (χ0v) is 10.3. The molecule has 3 rings (SSSR count). The fourth-order valence-electron chi connectivity index (χ4n) is 2.33. The number of pyridine rings is 1. The van der Waals surface area contributed by atoms with Crippen LogP contribution in [0.4, 0.5) is 5.82 Å². The summed E-state index contributed by atoms with van der Waals surface area (Å²) < 4.78 is 1.57. The molecule has 2 aromatic rings. The predicted molar refractivity (Wildman–Crippen MR) is 71.5 cm³/mol. The third-order valence-electron chi connectivity index (χ3n) is 3.26. The number of fused-ring (bicyclic) bond motifs is 1. The lowest BCUT2D eigenvalue weighted by Crippen LogP contribution is -2.28. The Kier molecular flexibility index (Phi) is 2.58. The van der Waals surface area contributed by atoms with E-state index in [0.717, 1.165) is 5.56 Å². The molecule has 2 heterocycles. The van der Waals surface area contributed by atoms with Crippen LogP contribution in [-0.4, -0.2) is 4.57 Å². The summed E-state index contributed by atoms with van der Waals surface area (Å²) in [5, 5.41) is 9.20. The topological polar surface area (TPSA) is 69.8 Å². The van der Waals surface area contributed by atoms with Crippen LogP contribution in [0.15, 0.2) is 41.2 Å². The molecule has 94 valence electrons. The third-order valence-corrected chi connectivity index (χ3v) is 3.26. The van der Waals surface area contributed by atoms with Crippen LogP contribution in [-0.2, 0) is 0 Å². The smallest absolute Gasteiger partial charge is 0.254 e. The fraction of sp³-hybridized carbons (Fsp3) is 0.143. The number of nitriles is 1. The van der Waals surface area contributed by atoms with Crippen molar-refractivity contribution in [2.75, 3.05) is 5.43 Å². The number of anilines is 1. The minimum atomic E-state index is -0.295.